The highest BCUT2D eigenvalue weighted by atomic mass is 19.1. The number of pyridine rings is 2. The summed E-state index contributed by atoms with van der Waals surface area (Å²) in [6.07, 6.45) is 5.20. The van der Waals surface area contributed by atoms with E-state index in [4.69, 9.17) is 0 Å². The van der Waals surface area contributed by atoms with E-state index in [2.05, 4.69) is 32.4 Å². The number of hydrogen-bond acceptors (Lipinski definition) is 5. The predicted molar refractivity (Wildman–Crippen MR) is 121 cm³/mol. The Balaban J connectivity index is 1.52. The lowest BCUT2D eigenvalue weighted by Gasteiger charge is -2.20. The number of anilines is 2. The summed E-state index contributed by atoms with van der Waals surface area (Å²) >= 11 is 0. The quantitative estimate of drug-likeness (QED) is 0.498. The molecule has 1 aromatic carbocycles. The Morgan fingerprint density at radius 2 is 2.00 bits per heavy atom. The summed E-state index contributed by atoms with van der Waals surface area (Å²) in [7, 11) is 4.06. The second kappa shape index (κ2) is 7.72. The van der Waals surface area contributed by atoms with Crippen LogP contribution in [0.25, 0.3) is 16.9 Å². The third-order valence-corrected chi connectivity index (χ3v) is 6.02. The van der Waals surface area contributed by atoms with E-state index in [-0.39, 0.29) is 17.8 Å². The Morgan fingerprint density at radius 3 is 2.75 bits per heavy atom. The fourth-order valence-electron chi connectivity index (χ4n) is 4.01. The average Bonchev–Trinajstić information content (AvgIpc) is 3.38. The molecule has 0 fully saturated rings. The molecular formula is C24H23FN6O. The summed E-state index contributed by atoms with van der Waals surface area (Å²) in [5.74, 6) is 0.191. The molecular weight excluding hydrogens is 407 g/mol. The van der Waals surface area contributed by atoms with Crippen molar-refractivity contribution in [3.05, 3.63) is 77.5 Å². The lowest BCUT2D eigenvalue weighted by Crippen LogP contribution is -2.17. The number of amides is 1. The van der Waals surface area contributed by atoms with Gasteiger partial charge in [-0.1, -0.05) is 12.1 Å². The molecule has 0 spiro atoms. The van der Waals surface area contributed by atoms with Crippen LogP contribution < -0.4 is 10.6 Å². The zero-order valence-electron chi connectivity index (χ0n) is 18.1. The molecule has 4 heterocycles. The van der Waals surface area contributed by atoms with Crippen LogP contribution in [-0.4, -0.2) is 39.3 Å². The Hall–Kier alpha value is -3.78. The molecule has 32 heavy (non-hydrogen) atoms. The second-order valence-corrected chi connectivity index (χ2v) is 8.15. The normalized spacial score (nSPS) is 14.0. The molecule has 0 bridgehead atoms. The number of nitrogens with one attached hydrogen (secondary N) is 2. The van der Waals surface area contributed by atoms with Gasteiger partial charge < -0.3 is 15.5 Å². The van der Waals surface area contributed by atoms with Gasteiger partial charge in [0, 0.05) is 36.6 Å². The molecule has 1 atom stereocenters. The first kappa shape index (κ1) is 20.1. The van der Waals surface area contributed by atoms with Gasteiger partial charge in [-0.25, -0.2) is 14.4 Å². The van der Waals surface area contributed by atoms with Gasteiger partial charge in [-0.05, 0) is 50.3 Å². The molecule has 162 valence electrons. The summed E-state index contributed by atoms with van der Waals surface area (Å²) in [4.78, 5) is 23.6. The molecule has 0 saturated heterocycles. The number of carbonyl (C=O) groups is 1. The van der Waals surface area contributed by atoms with Crippen LogP contribution in [0.3, 0.4) is 0 Å². The first-order chi connectivity index (χ1) is 15.4. The summed E-state index contributed by atoms with van der Waals surface area (Å²) in [5, 5.41) is 6.20. The van der Waals surface area contributed by atoms with Gasteiger partial charge in [0.05, 0.1) is 23.1 Å². The number of benzene rings is 1. The van der Waals surface area contributed by atoms with Crippen molar-refractivity contribution < 1.29 is 9.18 Å². The van der Waals surface area contributed by atoms with Crippen LogP contribution in [0, 0.1) is 5.82 Å². The summed E-state index contributed by atoms with van der Waals surface area (Å²) in [5.41, 5.74) is 5.48. The van der Waals surface area contributed by atoms with Crippen molar-refractivity contribution in [2.24, 2.45) is 0 Å². The second-order valence-electron chi connectivity index (χ2n) is 8.15. The number of fused-ring (bicyclic) bond motifs is 2. The van der Waals surface area contributed by atoms with Crippen molar-refractivity contribution in [2.45, 2.75) is 19.5 Å². The van der Waals surface area contributed by atoms with E-state index in [0.717, 1.165) is 22.4 Å². The smallest absolute Gasteiger partial charge is 0.254 e. The number of imidazole rings is 1. The molecule has 1 aliphatic rings. The lowest BCUT2D eigenvalue weighted by atomic mass is 9.99. The maximum Gasteiger partial charge on any atom is 0.254 e. The maximum atomic E-state index is 13.6. The van der Waals surface area contributed by atoms with Crippen molar-refractivity contribution in [1.82, 2.24) is 24.6 Å². The van der Waals surface area contributed by atoms with Crippen molar-refractivity contribution in [2.75, 3.05) is 19.4 Å². The molecule has 7 nitrogen and oxygen atoms in total. The fourth-order valence-corrected chi connectivity index (χ4v) is 4.01. The van der Waals surface area contributed by atoms with Crippen LogP contribution in [0.15, 0.2) is 55.0 Å². The molecule has 1 aliphatic heterocycles. The van der Waals surface area contributed by atoms with Crippen molar-refractivity contribution in [3.8, 4) is 11.3 Å². The molecule has 1 amide bonds. The van der Waals surface area contributed by atoms with Gasteiger partial charge >= 0.3 is 0 Å². The van der Waals surface area contributed by atoms with E-state index >= 15 is 0 Å². The maximum absolute atomic E-state index is 13.6. The van der Waals surface area contributed by atoms with Crippen molar-refractivity contribution >= 4 is 23.1 Å². The highest BCUT2D eigenvalue weighted by molar-refractivity contribution is 6.06. The Kier molecular flexibility index (Phi) is 4.86. The predicted octanol–water partition coefficient (Wildman–Crippen LogP) is 4.15. The van der Waals surface area contributed by atoms with E-state index < -0.39 is 0 Å². The first-order valence-corrected chi connectivity index (χ1v) is 10.4. The van der Waals surface area contributed by atoms with Crippen LogP contribution in [0.1, 0.15) is 34.5 Å². The molecule has 4 aromatic rings. The van der Waals surface area contributed by atoms with Gasteiger partial charge in [-0.2, -0.15) is 0 Å². The number of carbonyl (C=O) groups excluding carboxylic acids is 1. The van der Waals surface area contributed by atoms with Crippen LogP contribution in [0.5, 0.6) is 0 Å². The largest absolute Gasteiger partial charge is 0.348 e. The Bertz CT molecular complexity index is 1330. The third-order valence-electron chi connectivity index (χ3n) is 6.02. The van der Waals surface area contributed by atoms with E-state index in [1.807, 2.05) is 49.0 Å². The zero-order valence-corrected chi connectivity index (χ0v) is 18.1. The van der Waals surface area contributed by atoms with E-state index in [0.29, 0.717) is 29.3 Å². The standard InChI is InChI=1S/C24H23FN6O/c1-14(30(2)3)15-4-7-21(26-11-15)29-19-6-5-17(18-12-28-24(32)23(18)19)20-13-27-22-10-16(25)8-9-31(20)22/h4-11,13-14H,12H2,1-3H3,(H,26,29)(H,28,32)/t14-/m0/s1. The van der Waals surface area contributed by atoms with Gasteiger partial charge in [0.2, 0.25) is 0 Å². The molecule has 2 N–H and O–H groups in total. The van der Waals surface area contributed by atoms with E-state index in [1.54, 1.807) is 12.4 Å². The number of aromatic nitrogens is 3. The van der Waals surface area contributed by atoms with E-state index in [1.165, 1.54) is 12.1 Å². The zero-order chi connectivity index (χ0) is 22.4. The summed E-state index contributed by atoms with van der Waals surface area (Å²) in [6, 6.07) is 10.8. The molecule has 5 rings (SSSR count). The molecule has 0 unspecified atom stereocenters. The average molecular weight is 430 g/mol. The van der Waals surface area contributed by atoms with Gasteiger partial charge in [-0.3, -0.25) is 9.20 Å². The first-order valence-electron chi connectivity index (χ1n) is 10.4. The third kappa shape index (κ3) is 3.38. The highest BCUT2D eigenvalue weighted by Crippen LogP contribution is 2.35. The van der Waals surface area contributed by atoms with Gasteiger partial charge in [0.1, 0.15) is 17.3 Å². The van der Waals surface area contributed by atoms with Crippen LogP contribution in [-0.2, 0) is 6.54 Å². The highest BCUT2D eigenvalue weighted by Gasteiger charge is 2.27. The Morgan fingerprint density at radius 1 is 1.16 bits per heavy atom. The van der Waals surface area contributed by atoms with Crippen LogP contribution in [0.4, 0.5) is 15.9 Å². The molecule has 3 aromatic heterocycles. The minimum absolute atomic E-state index is 0.137. The van der Waals surface area contributed by atoms with Gasteiger partial charge in [-0.15, -0.1) is 0 Å². The fraction of sp³-hybridized carbons (Fsp3) is 0.208. The minimum Gasteiger partial charge on any atom is -0.348 e. The topological polar surface area (TPSA) is 74.6 Å². The number of halogens is 1. The molecule has 0 saturated carbocycles. The van der Waals surface area contributed by atoms with E-state index in [9.17, 15) is 9.18 Å². The number of rotatable bonds is 5. The SMILES string of the molecule is C[C@@H](c1ccc(Nc2ccc(-c3cnc4cc(F)ccn34)c3c2C(=O)NC3)nc1)N(C)C. The number of hydrogen-bond donors (Lipinski definition) is 2. The van der Waals surface area contributed by atoms with Gasteiger partial charge in [0.25, 0.3) is 5.91 Å². The Labute approximate surface area is 184 Å². The number of nitrogens with zero attached hydrogens (tertiary/aromatic N) is 4. The van der Waals surface area contributed by atoms with Crippen molar-refractivity contribution in [3.63, 3.8) is 0 Å². The minimum atomic E-state index is -0.338. The van der Waals surface area contributed by atoms with Crippen LogP contribution in [0.2, 0.25) is 0 Å². The molecule has 0 aliphatic carbocycles. The summed E-state index contributed by atoms with van der Waals surface area (Å²) in [6.45, 7) is 2.54. The monoisotopic (exact) mass is 430 g/mol. The van der Waals surface area contributed by atoms with Gasteiger partial charge in [0.15, 0.2) is 0 Å². The van der Waals surface area contributed by atoms with Crippen molar-refractivity contribution in [1.29, 1.82) is 0 Å². The molecule has 0 radical (unpaired) electrons. The van der Waals surface area contributed by atoms with Crippen LogP contribution >= 0.6 is 0 Å². The summed E-state index contributed by atoms with van der Waals surface area (Å²) < 4.78 is 15.4. The molecule has 8 heteroatoms. The lowest BCUT2D eigenvalue weighted by molar-refractivity contribution is 0.0966.